The van der Waals surface area contributed by atoms with Gasteiger partial charge in [-0.1, -0.05) is 68.0 Å². The summed E-state index contributed by atoms with van der Waals surface area (Å²) in [4.78, 5) is 0. The van der Waals surface area contributed by atoms with Gasteiger partial charge in [0.2, 0.25) is 22.5 Å². The number of rotatable bonds is 9. The molecular formula is C43H46N4O2+2. The fourth-order valence-corrected chi connectivity index (χ4v) is 11.3. The number of hydrogen-bond acceptors (Lipinski definition) is 2. The Morgan fingerprint density at radius 1 is 0.735 bits per heavy atom. The van der Waals surface area contributed by atoms with Crippen LogP contribution in [-0.2, 0) is 30.6 Å². The van der Waals surface area contributed by atoms with E-state index in [4.69, 9.17) is 0 Å². The molecule has 0 fully saturated rings. The van der Waals surface area contributed by atoms with Gasteiger partial charge < -0.3 is 10.2 Å². The van der Waals surface area contributed by atoms with Crippen LogP contribution in [0.4, 0.5) is 0 Å². The number of aliphatic hydroxyl groups excluding tert-OH is 2. The minimum atomic E-state index is -0.753. The van der Waals surface area contributed by atoms with Crippen LogP contribution in [0.3, 0.4) is 0 Å². The average molecular weight is 651 g/mol. The van der Waals surface area contributed by atoms with E-state index in [1.54, 1.807) is 0 Å². The van der Waals surface area contributed by atoms with Gasteiger partial charge in [-0.2, -0.15) is 9.13 Å². The topological polar surface area (TPSA) is 56.3 Å². The molecule has 6 nitrogen and oxygen atoms in total. The average Bonchev–Trinajstić information content (AvgIpc) is 3.80. The minimum absolute atomic E-state index is 0.106. The molecule has 10 rings (SSSR count). The molecule has 49 heavy (non-hydrogen) atoms. The Labute approximate surface area is 287 Å². The molecule has 6 aliphatic heterocycles. The van der Waals surface area contributed by atoms with Gasteiger partial charge in [0, 0.05) is 47.5 Å². The Bertz CT molecular complexity index is 2620. The lowest BCUT2D eigenvalue weighted by Crippen LogP contribution is -2.74. The number of aromatic nitrogens is 2. The summed E-state index contributed by atoms with van der Waals surface area (Å²) in [6, 6.07) is 11.6. The number of allylic oxidation sites excluding steroid dienone is 2. The summed E-state index contributed by atoms with van der Waals surface area (Å²) in [6.45, 7) is 14.2. The van der Waals surface area contributed by atoms with Gasteiger partial charge in [-0.3, -0.25) is 0 Å². The van der Waals surface area contributed by atoms with Gasteiger partial charge in [-0.05, 0) is 91.7 Å². The van der Waals surface area contributed by atoms with Crippen molar-refractivity contribution >= 4 is 40.4 Å². The molecule has 1 unspecified atom stereocenters. The first-order valence-electron chi connectivity index (χ1n) is 18.7. The molecule has 248 valence electrons. The van der Waals surface area contributed by atoms with Crippen LogP contribution in [0.25, 0.3) is 34.7 Å². The third kappa shape index (κ3) is 2.95. The first kappa shape index (κ1) is 29.6. The van der Waals surface area contributed by atoms with Crippen molar-refractivity contribution in [2.45, 2.75) is 97.8 Å². The minimum Gasteiger partial charge on any atom is -0.396 e. The summed E-state index contributed by atoms with van der Waals surface area (Å²) in [5.74, 6) is -0.753. The highest BCUT2D eigenvalue weighted by atomic mass is 16.3. The van der Waals surface area contributed by atoms with Crippen LogP contribution in [0.15, 0.2) is 47.2 Å². The van der Waals surface area contributed by atoms with Crippen molar-refractivity contribution < 1.29 is 14.8 Å². The second-order valence-electron chi connectivity index (χ2n) is 14.7. The highest BCUT2D eigenvalue weighted by Crippen LogP contribution is 2.53. The number of fused-ring (bicyclic) bond motifs is 2. The van der Waals surface area contributed by atoms with Gasteiger partial charge in [-0.15, -0.1) is 0 Å². The van der Waals surface area contributed by atoms with Crippen LogP contribution in [0.1, 0.15) is 99.5 Å². The summed E-state index contributed by atoms with van der Waals surface area (Å²) >= 11 is 0. The summed E-state index contributed by atoms with van der Waals surface area (Å²) in [6.07, 6.45) is 13.5. The SMILES string of the molecule is CCC1=C(CC)C2=[N+]3C1=c1c4c(cc5ccccc15)C(CC)(CC)C1=Cc5c(CC)c(CCO)c6n5C3(n3c(c(C)c(CCO)c3=C6)=C2)[N+]=41. The quantitative estimate of drug-likeness (QED) is 0.271. The molecule has 2 aromatic heterocycles. The van der Waals surface area contributed by atoms with Gasteiger partial charge in [-0.25, -0.2) is 0 Å². The molecule has 8 heterocycles. The highest BCUT2D eigenvalue weighted by Gasteiger charge is 2.74. The third-order valence-corrected chi connectivity index (χ3v) is 13.3. The van der Waals surface area contributed by atoms with Crippen molar-refractivity contribution in [3.8, 4) is 0 Å². The molecule has 2 N–H and O–H groups in total. The van der Waals surface area contributed by atoms with Crippen molar-refractivity contribution in [2.24, 2.45) is 0 Å². The smallest absolute Gasteiger partial charge is 0.396 e. The van der Waals surface area contributed by atoms with Crippen molar-refractivity contribution in [1.82, 2.24) is 13.7 Å². The zero-order valence-electron chi connectivity index (χ0n) is 29.7. The van der Waals surface area contributed by atoms with Gasteiger partial charge in [0.15, 0.2) is 0 Å². The van der Waals surface area contributed by atoms with E-state index in [9.17, 15) is 10.2 Å². The predicted molar refractivity (Wildman–Crippen MR) is 196 cm³/mol. The summed E-state index contributed by atoms with van der Waals surface area (Å²) < 4.78 is 10.8. The van der Waals surface area contributed by atoms with Crippen molar-refractivity contribution in [1.29, 1.82) is 0 Å². The van der Waals surface area contributed by atoms with Crippen LogP contribution >= 0.6 is 0 Å². The predicted octanol–water partition coefficient (Wildman–Crippen LogP) is 3.76. The van der Waals surface area contributed by atoms with Gasteiger partial charge in [0.25, 0.3) is 0 Å². The van der Waals surface area contributed by atoms with E-state index in [2.05, 4.69) is 108 Å². The van der Waals surface area contributed by atoms with Crippen LogP contribution in [-0.4, -0.2) is 42.8 Å². The van der Waals surface area contributed by atoms with Crippen LogP contribution < -0.4 is 25.8 Å². The molecule has 1 atom stereocenters. The second-order valence-corrected chi connectivity index (χ2v) is 14.7. The molecule has 1 spiro atoms. The molecule has 0 aliphatic carbocycles. The van der Waals surface area contributed by atoms with Crippen molar-refractivity contribution in [3.63, 3.8) is 0 Å². The third-order valence-electron chi connectivity index (χ3n) is 13.3. The molecule has 0 radical (unpaired) electrons. The molecular weight excluding hydrogens is 604 g/mol. The fraction of sp³-hybridized carbons (Fsp3) is 0.395. The molecule has 0 saturated heterocycles. The van der Waals surface area contributed by atoms with E-state index in [1.807, 2.05) is 0 Å². The first-order chi connectivity index (χ1) is 23.9. The molecule has 0 amide bonds. The van der Waals surface area contributed by atoms with Crippen LogP contribution in [0, 0.1) is 6.92 Å². The Morgan fingerprint density at radius 2 is 1.45 bits per heavy atom. The maximum atomic E-state index is 10.5. The Morgan fingerprint density at radius 3 is 2.14 bits per heavy atom. The standard InChI is InChI=1S/C43H46N4O2/c1-7-26-28(9-3)40-39-30-15-13-12-14-25(30)20-32-41(39)47-38(42(32,10-4)11-5)23-37-27(8-2)31(17-19-49)36-22-35-29(16-18-48)24(6)33-21-34(26)46(40)43(47,44(33)35)45(36)37/h12-15,20-23,48-49H,7-11,16-19H2,1-6H3/q+2. The van der Waals surface area contributed by atoms with Crippen molar-refractivity contribution in [3.05, 3.63) is 108 Å². The Hall–Kier alpha value is -4.26. The van der Waals surface area contributed by atoms with E-state index in [1.165, 1.54) is 99.5 Å². The van der Waals surface area contributed by atoms with Gasteiger partial charge in [0.05, 0.1) is 27.5 Å². The number of hydrogen-bond donors (Lipinski definition) is 2. The maximum Gasteiger partial charge on any atom is 0.553 e. The normalized spacial score (nSPS) is 21.0. The molecule has 4 aromatic rings. The van der Waals surface area contributed by atoms with E-state index >= 15 is 0 Å². The molecule has 0 bridgehead atoms. The summed E-state index contributed by atoms with van der Waals surface area (Å²) in [5, 5.41) is 28.8. The molecule has 0 saturated carbocycles. The summed E-state index contributed by atoms with van der Waals surface area (Å²) in [5.41, 5.74) is 15.8. The largest absolute Gasteiger partial charge is 0.553 e. The van der Waals surface area contributed by atoms with E-state index in [0.29, 0.717) is 12.8 Å². The van der Waals surface area contributed by atoms with Gasteiger partial charge >= 0.3 is 5.91 Å². The van der Waals surface area contributed by atoms with Crippen molar-refractivity contribution in [2.75, 3.05) is 13.2 Å². The lowest BCUT2D eigenvalue weighted by Gasteiger charge is -2.39. The zero-order valence-corrected chi connectivity index (χ0v) is 29.7. The number of nitrogens with zero attached hydrogens (tertiary/aromatic N) is 4. The lowest BCUT2D eigenvalue weighted by atomic mass is 9.73. The summed E-state index contributed by atoms with van der Waals surface area (Å²) in [7, 11) is 0. The molecule has 2 aromatic carbocycles. The highest BCUT2D eigenvalue weighted by molar-refractivity contribution is 6.22. The van der Waals surface area contributed by atoms with Crippen LogP contribution in [0.5, 0.6) is 0 Å². The molecule has 6 heteroatoms. The van der Waals surface area contributed by atoms with E-state index < -0.39 is 5.91 Å². The van der Waals surface area contributed by atoms with E-state index in [0.717, 1.165) is 32.1 Å². The zero-order chi connectivity index (χ0) is 33.7. The lowest BCUT2D eigenvalue weighted by molar-refractivity contribution is -0.589. The number of aliphatic hydroxyl groups is 2. The van der Waals surface area contributed by atoms with Crippen LogP contribution in [0.2, 0.25) is 0 Å². The first-order valence-corrected chi connectivity index (χ1v) is 18.7. The molecule has 6 aliphatic rings. The fourth-order valence-electron chi connectivity index (χ4n) is 11.3. The Balaban J connectivity index is 1.59. The monoisotopic (exact) mass is 650 g/mol. The Kier molecular flexibility index (Phi) is 5.87. The van der Waals surface area contributed by atoms with Gasteiger partial charge in [0.1, 0.15) is 5.22 Å². The second kappa shape index (κ2) is 9.70. The van der Waals surface area contributed by atoms with E-state index in [-0.39, 0.29) is 18.6 Å². The maximum absolute atomic E-state index is 10.5. The number of benzene rings is 2.